The number of nitrogens with two attached hydrogens (primary N) is 1. The van der Waals surface area contributed by atoms with Gasteiger partial charge >= 0.3 is 0 Å². The summed E-state index contributed by atoms with van der Waals surface area (Å²) in [6.45, 7) is 7.47. The second-order valence-electron chi connectivity index (χ2n) is 5.51. The molecule has 1 saturated heterocycles. The number of hydrogen-bond acceptors (Lipinski definition) is 3. The van der Waals surface area contributed by atoms with Crippen molar-refractivity contribution in [1.29, 1.82) is 0 Å². The van der Waals surface area contributed by atoms with Gasteiger partial charge in [0.25, 0.3) is 0 Å². The molecule has 104 valence electrons. The first-order chi connectivity index (χ1) is 9.07. The average Bonchev–Trinajstić information content (AvgIpc) is 2.81. The van der Waals surface area contributed by atoms with Gasteiger partial charge < -0.3 is 16.0 Å². The van der Waals surface area contributed by atoms with Crippen LogP contribution in [-0.4, -0.2) is 25.5 Å². The number of nitrogens with zero attached hydrogens (tertiary/aromatic N) is 1. The molecular weight excluding hydrogens is 238 g/mol. The monoisotopic (exact) mass is 261 g/mol. The predicted octanol–water partition coefficient (Wildman–Crippen LogP) is 1.50. The zero-order valence-corrected chi connectivity index (χ0v) is 11.8. The molecule has 19 heavy (non-hydrogen) atoms. The van der Waals surface area contributed by atoms with Crippen LogP contribution in [0.3, 0.4) is 0 Å². The number of carbonyl (C=O) groups excluding carboxylic acids is 1. The van der Waals surface area contributed by atoms with Gasteiger partial charge in [0.05, 0.1) is 5.41 Å². The lowest BCUT2D eigenvalue weighted by atomic mass is 9.89. The van der Waals surface area contributed by atoms with Crippen LogP contribution in [0.1, 0.15) is 25.8 Å². The quantitative estimate of drug-likeness (QED) is 0.844. The highest BCUT2D eigenvalue weighted by atomic mass is 16.1. The normalized spacial score (nSPS) is 22.7. The first kappa shape index (κ1) is 13.9. The standard InChI is InChI=1S/C15H23N3O/c1-3-17-10-12-6-4-5-7-13(12)18-9-8-15(2,11-18)14(16)19/h4-7,17H,3,8-11H2,1-2H3,(H2,16,19). The molecule has 0 bridgehead atoms. The SMILES string of the molecule is CCNCc1ccccc1N1CCC(C)(C(N)=O)C1. The summed E-state index contributed by atoms with van der Waals surface area (Å²) in [6.07, 6.45) is 0.831. The number of nitrogens with one attached hydrogen (secondary N) is 1. The van der Waals surface area contributed by atoms with Gasteiger partial charge in [-0.1, -0.05) is 25.1 Å². The smallest absolute Gasteiger partial charge is 0.225 e. The van der Waals surface area contributed by atoms with Gasteiger partial charge in [-0.2, -0.15) is 0 Å². The van der Waals surface area contributed by atoms with Crippen LogP contribution >= 0.6 is 0 Å². The lowest BCUT2D eigenvalue weighted by Gasteiger charge is -2.24. The van der Waals surface area contributed by atoms with Crippen LogP contribution in [0.15, 0.2) is 24.3 Å². The summed E-state index contributed by atoms with van der Waals surface area (Å²) in [5.74, 6) is -0.195. The van der Waals surface area contributed by atoms with E-state index in [0.29, 0.717) is 6.54 Å². The predicted molar refractivity (Wildman–Crippen MR) is 78.0 cm³/mol. The second-order valence-corrected chi connectivity index (χ2v) is 5.51. The maximum atomic E-state index is 11.5. The number of anilines is 1. The largest absolute Gasteiger partial charge is 0.370 e. The van der Waals surface area contributed by atoms with E-state index in [4.69, 9.17) is 5.73 Å². The van der Waals surface area contributed by atoms with Gasteiger partial charge in [-0.3, -0.25) is 4.79 Å². The molecule has 0 aromatic heterocycles. The van der Waals surface area contributed by atoms with Crippen molar-refractivity contribution in [3.63, 3.8) is 0 Å². The first-order valence-electron chi connectivity index (χ1n) is 6.90. The van der Waals surface area contributed by atoms with Crippen LogP contribution in [0, 0.1) is 5.41 Å². The summed E-state index contributed by atoms with van der Waals surface area (Å²) in [7, 11) is 0. The van der Waals surface area contributed by atoms with E-state index in [0.717, 1.165) is 26.1 Å². The molecule has 0 saturated carbocycles. The Hall–Kier alpha value is -1.55. The van der Waals surface area contributed by atoms with Crippen LogP contribution in [-0.2, 0) is 11.3 Å². The van der Waals surface area contributed by atoms with Crippen molar-refractivity contribution in [2.24, 2.45) is 11.1 Å². The molecule has 1 atom stereocenters. The second kappa shape index (κ2) is 5.61. The summed E-state index contributed by atoms with van der Waals surface area (Å²) in [5, 5.41) is 3.35. The van der Waals surface area contributed by atoms with Crippen LogP contribution in [0.25, 0.3) is 0 Å². The minimum Gasteiger partial charge on any atom is -0.370 e. The molecule has 0 spiro atoms. The molecule has 4 heteroatoms. The van der Waals surface area contributed by atoms with Gasteiger partial charge in [0.1, 0.15) is 0 Å². The molecule has 0 aliphatic carbocycles. The van der Waals surface area contributed by atoms with Crippen molar-refractivity contribution in [3.8, 4) is 0 Å². The van der Waals surface area contributed by atoms with Gasteiger partial charge in [0, 0.05) is 25.3 Å². The molecule has 4 nitrogen and oxygen atoms in total. The van der Waals surface area contributed by atoms with Gasteiger partial charge in [0.2, 0.25) is 5.91 Å². The van der Waals surface area contributed by atoms with E-state index in [1.165, 1.54) is 11.3 Å². The van der Waals surface area contributed by atoms with Crippen molar-refractivity contribution in [3.05, 3.63) is 29.8 Å². The Morgan fingerprint density at radius 1 is 1.47 bits per heavy atom. The van der Waals surface area contributed by atoms with Crippen molar-refractivity contribution >= 4 is 11.6 Å². The third kappa shape index (κ3) is 2.89. The van der Waals surface area contributed by atoms with Crippen molar-refractivity contribution in [1.82, 2.24) is 5.32 Å². The lowest BCUT2D eigenvalue weighted by molar-refractivity contribution is -0.125. The highest BCUT2D eigenvalue weighted by molar-refractivity contribution is 5.82. The van der Waals surface area contributed by atoms with Gasteiger partial charge in [-0.25, -0.2) is 0 Å². The number of carbonyl (C=O) groups is 1. The topological polar surface area (TPSA) is 58.4 Å². The molecule has 1 amide bonds. The number of amides is 1. The Labute approximate surface area is 115 Å². The molecule has 1 aromatic carbocycles. The molecule has 1 unspecified atom stereocenters. The highest BCUT2D eigenvalue weighted by Gasteiger charge is 2.39. The summed E-state index contributed by atoms with van der Waals surface area (Å²) < 4.78 is 0. The van der Waals surface area contributed by atoms with Gasteiger partial charge in [0.15, 0.2) is 0 Å². The zero-order valence-electron chi connectivity index (χ0n) is 11.8. The van der Waals surface area contributed by atoms with Crippen LogP contribution in [0.2, 0.25) is 0 Å². The molecule has 2 rings (SSSR count). The molecule has 0 radical (unpaired) electrons. The Morgan fingerprint density at radius 2 is 2.21 bits per heavy atom. The lowest BCUT2D eigenvalue weighted by Crippen LogP contribution is -2.37. The van der Waals surface area contributed by atoms with Crippen molar-refractivity contribution in [2.75, 3.05) is 24.5 Å². The molecule has 3 N–H and O–H groups in total. The van der Waals surface area contributed by atoms with Gasteiger partial charge in [-0.05, 0) is 31.5 Å². The van der Waals surface area contributed by atoms with E-state index < -0.39 is 5.41 Å². The number of rotatable bonds is 5. The summed E-state index contributed by atoms with van der Waals surface area (Å²) >= 11 is 0. The van der Waals surface area contributed by atoms with E-state index >= 15 is 0 Å². The third-order valence-corrected chi connectivity index (χ3v) is 3.97. The average molecular weight is 261 g/mol. The third-order valence-electron chi connectivity index (χ3n) is 3.97. The highest BCUT2D eigenvalue weighted by Crippen LogP contribution is 2.34. The fraction of sp³-hybridized carbons (Fsp3) is 0.533. The van der Waals surface area contributed by atoms with Gasteiger partial charge in [-0.15, -0.1) is 0 Å². The Balaban J connectivity index is 2.17. The number of para-hydroxylation sites is 1. The van der Waals surface area contributed by atoms with Crippen LogP contribution in [0.4, 0.5) is 5.69 Å². The zero-order chi connectivity index (χ0) is 13.9. The minimum absolute atomic E-state index is 0.195. The van der Waals surface area contributed by atoms with E-state index in [-0.39, 0.29) is 5.91 Å². The molecule has 1 aliphatic heterocycles. The molecule has 1 heterocycles. The van der Waals surface area contributed by atoms with Crippen LogP contribution < -0.4 is 16.0 Å². The minimum atomic E-state index is -0.398. The fourth-order valence-corrected chi connectivity index (χ4v) is 2.60. The maximum absolute atomic E-state index is 11.5. The Morgan fingerprint density at radius 3 is 2.84 bits per heavy atom. The Bertz CT molecular complexity index is 460. The fourth-order valence-electron chi connectivity index (χ4n) is 2.60. The molecule has 1 aliphatic rings. The first-order valence-corrected chi connectivity index (χ1v) is 6.90. The van der Waals surface area contributed by atoms with Crippen LogP contribution in [0.5, 0.6) is 0 Å². The Kier molecular flexibility index (Phi) is 4.10. The van der Waals surface area contributed by atoms with Crippen molar-refractivity contribution in [2.45, 2.75) is 26.8 Å². The number of benzene rings is 1. The van der Waals surface area contributed by atoms with E-state index in [1.54, 1.807) is 0 Å². The molecule has 1 aromatic rings. The summed E-state index contributed by atoms with van der Waals surface area (Å²) in [4.78, 5) is 13.8. The van der Waals surface area contributed by atoms with E-state index in [1.807, 2.05) is 13.0 Å². The van der Waals surface area contributed by atoms with E-state index in [2.05, 4.69) is 35.3 Å². The maximum Gasteiger partial charge on any atom is 0.225 e. The number of primary amides is 1. The number of hydrogen-bond donors (Lipinski definition) is 2. The summed E-state index contributed by atoms with van der Waals surface area (Å²) in [6, 6.07) is 8.36. The molecule has 1 fully saturated rings. The van der Waals surface area contributed by atoms with Crippen molar-refractivity contribution < 1.29 is 4.79 Å². The van der Waals surface area contributed by atoms with E-state index in [9.17, 15) is 4.79 Å². The summed E-state index contributed by atoms with van der Waals surface area (Å²) in [5.41, 5.74) is 7.61. The molecular formula is C15H23N3O.